The van der Waals surface area contributed by atoms with Gasteiger partial charge >= 0.3 is 0 Å². The maximum absolute atomic E-state index is 11.5. The molecule has 0 unspecified atom stereocenters. The molecule has 0 atom stereocenters. The lowest BCUT2D eigenvalue weighted by molar-refractivity contribution is -0.130. The third-order valence-corrected chi connectivity index (χ3v) is 3.64. The van der Waals surface area contributed by atoms with Crippen molar-refractivity contribution in [3.05, 3.63) is 27.1 Å². The summed E-state index contributed by atoms with van der Waals surface area (Å²) in [5.41, 5.74) is 4.68. The molecule has 1 fully saturated rings. The Morgan fingerprint density at radius 2 is 2.00 bits per heavy atom. The molecule has 102 valence electrons. The van der Waals surface area contributed by atoms with Crippen molar-refractivity contribution in [3.8, 4) is 5.75 Å². The van der Waals surface area contributed by atoms with Crippen LogP contribution >= 0.6 is 31.9 Å². The Bertz CT molecular complexity index is 504. The van der Waals surface area contributed by atoms with E-state index in [1.54, 1.807) is 6.07 Å². The Hall–Kier alpha value is -1.08. The van der Waals surface area contributed by atoms with Gasteiger partial charge in [-0.05, 0) is 47.0 Å². The molecule has 0 radical (unpaired) electrons. The van der Waals surface area contributed by atoms with Gasteiger partial charge in [-0.25, -0.2) is 0 Å². The highest BCUT2D eigenvalue weighted by Crippen LogP contribution is 2.29. The van der Waals surface area contributed by atoms with Gasteiger partial charge in [0.05, 0.1) is 4.47 Å². The minimum absolute atomic E-state index is 0.0573. The van der Waals surface area contributed by atoms with Gasteiger partial charge in [0.15, 0.2) is 6.61 Å². The monoisotopic (exact) mass is 390 g/mol. The molecule has 0 saturated heterocycles. The minimum atomic E-state index is -0.399. The number of hydrogen-bond acceptors (Lipinski definition) is 3. The maximum atomic E-state index is 11.5. The fourth-order valence-corrected chi connectivity index (χ4v) is 2.51. The first-order valence-corrected chi connectivity index (χ1v) is 7.31. The van der Waals surface area contributed by atoms with Crippen molar-refractivity contribution in [2.45, 2.75) is 12.8 Å². The first kappa shape index (κ1) is 14.3. The molecule has 0 spiro atoms. The molecule has 2 amide bonds. The minimum Gasteiger partial charge on any atom is -0.483 e. The van der Waals surface area contributed by atoms with E-state index in [1.807, 2.05) is 12.1 Å². The molecular formula is C12H12Br2N2O3. The van der Waals surface area contributed by atoms with Gasteiger partial charge in [-0.1, -0.05) is 15.9 Å². The summed E-state index contributed by atoms with van der Waals surface area (Å²) in [6, 6.07) is 5.37. The van der Waals surface area contributed by atoms with Gasteiger partial charge < -0.3 is 4.74 Å². The number of carbonyl (C=O) groups is 2. The van der Waals surface area contributed by atoms with Crippen molar-refractivity contribution >= 4 is 43.7 Å². The number of rotatable bonds is 4. The van der Waals surface area contributed by atoms with E-state index in [1.165, 1.54) is 0 Å². The van der Waals surface area contributed by atoms with Crippen molar-refractivity contribution in [2.24, 2.45) is 5.92 Å². The van der Waals surface area contributed by atoms with Crippen molar-refractivity contribution in [3.63, 3.8) is 0 Å². The number of amides is 2. The van der Waals surface area contributed by atoms with Crippen LogP contribution in [0.1, 0.15) is 12.8 Å². The molecule has 0 bridgehead atoms. The molecule has 5 nitrogen and oxygen atoms in total. The van der Waals surface area contributed by atoms with Crippen LogP contribution in [0.2, 0.25) is 0 Å². The zero-order valence-electron chi connectivity index (χ0n) is 9.91. The fraction of sp³-hybridized carbons (Fsp3) is 0.333. The van der Waals surface area contributed by atoms with E-state index < -0.39 is 5.91 Å². The van der Waals surface area contributed by atoms with Crippen molar-refractivity contribution in [1.29, 1.82) is 0 Å². The summed E-state index contributed by atoms with van der Waals surface area (Å²) in [5.74, 6) is 0.0793. The summed E-state index contributed by atoms with van der Waals surface area (Å²) in [7, 11) is 0. The smallest absolute Gasteiger partial charge is 0.276 e. The largest absolute Gasteiger partial charge is 0.483 e. The molecule has 0 heterocycles. The van der Waals surface area contributed by atoms with Crippen LogP contribution < -0.4 is 15.6 Å². The van der Waals surface area contributed by atoms with E-state index in [9.17, 15) is 9.59 Å². The summed E-state index contributed by atoms with van der Waals surface area (Å²) in [6.07, 6.45) is 1.79. The van der Waals surface area contributed by atoms with Crippen molar-refractivity contribution < 1.29 is 14.3 Å². The van der Waals surface area contributed by atoms with Gasteiger partial charge in [0.2, 0.25) is 5.91 Å². The highest BCUT2D eigenvalue weighted by atomic mass is 79.9. The van der Waals surface area contributed by atoms with Crippen LogP contribution in [-0.4, -0.2) is 18.4 Å². The molecule has 2 rings (SSSR count). The summed E-state index contributed by atoms with van der Waals surface area (Å²) in [5, 5.41) is 0. The van der Waals surface area contributed by atoms with Crippen LogP contribution in [0.5, 0.6) is 5.75 Å². The molecule has 7 heteroatoms. The fourth-order valence-electron chi connectivity index (χ4n) is 1.35. The molecule has 1 aromatic carbocycles. The number of carbonyl (C=O) groups excluding carboxylic acids is 2. The van der Waals surface area contributed by atoms with Gasteiger partial charge in [0.25, 0.3) is 5.91 Å². The molecule has 0 aromatic heterocycles. The van der Waals surface area contributed by atoms with Crippen LogP contribution in [0.3, 0.4) is 0 Å². The quantitative estimate of drug-likeness (QED) is 0.772. The Morgan fingerprint density at radius 3 is 2.63 bits per heavy atom. The molecule has 1 aliphatic rings. The molecule has 1 saturated carbocycles. The zero-order chi connectivity index (χ0) is 13.8. The number of ether oxygens (including phenoxy) is 1. The highest BCUT2D eigenvalue weighted by Gasteiger charge is 2.29. The summed E-state index contributed by atoms with van der Waals surface area (Å²) < 4.78 is 6.99. The van der Waals surface area contributed by atoms with E-state index in [4.69, 9.17) is 4.74 Å². The van der Waals surface area contributed by atoms with E-state index in [-0.39, 0.29) is 18.4 Å². The topological polar surface area (TPSA) is 67.4 Å². The lowest BCUT2D eigenvalue weighted by Crippen LogP contribution is -2.44. The lowest BCUT2D eigenvalue weighted by atomic mass is 10.3. The third kappa shape index (κ3) is 4.50. The zero-order valence-corrected chi connectivity index (χ0v) is 13.1. The first-order chi connectivity index (χ1) is 9.06. The predicted molar refractivity (Wildman–Crippen MR) is 76.3 cm³/mol. The van der Waals surface area contributed by atoms with Crippen molar-refractivity contribution in [2.75, 3.05) is 6.61 Å². The number of hydrazine groups is 1. The number of halogens is 2. The highest BCUT2D eigenvalue weighted by molar-refractivity contribution is 9.11. The van der Waals surface area contributed by atoms with Gasteiger partial charge in [0.1, 0.15) is 5.75 Å². The van der Waals surface area contributed by atoms with Gasteiger partial charge in [0, 0.05) is 10.4 Å². The van der Waals surface area contributed by atoms with E-state index in [2.05, 4.69) is 42.7 Å². The number of benzene rings is 1. The molecule has 1 aromatic rings. The molecule has 2 N–H and O–H groups in total. The lowest BCUT2D eigenvalue weighted by Gasteiger charge is -2.09. The molecule has 1 aliphatic carbocycles. The summed E-state index contributed by atoms with van der Waals surface area (Å²) >= 11 is 6.65. The van der Waals surface area contributed by atoms with Crippen LogP contribution in [0.4, 0.5) is 0 Å². The second-order valence-corrected chi connectivity index (χ2v) is 5.95. The number of hydrogen-bond donors (Lipinski definition) is 2. The predicted octanol–water partition coefficient (Wildman–Crippen LogP) is 2.15. The van der Waals surface area contributed by atoms with E-state index in [0.29, 0.717) is 5.75 Å². The van der Waals surface area contributed by atoms with Crippen LogP contribution in [0, 0.1) is 5.92 Å². The van der Waals surface area contributed by atoms with Gasteiger partial charge in [-0.3, -0.25) is 20.4 Å². The molecule has 0 aliphatic heterocycles. The third-order valence-electron chi connectivity index (χ3n) is 2.53. The second-order valence-electron chi connectivity index (χ2n) is 4.18. The Labute approximate surface area is 127 Å². The summed E-state index contributed by atoms with van der Waals surface area (Å²) in [4.78, 5) is 22.8. The van der Waals surface area contributed by atoms with Gasteiger partial charge in [-0.15, -0.1) is 0 Å². The van der Waals surface area contributed by atoms with Gasteiger partial charge in [-0.2, -0.15) is 0 Å². The molecular weight excluding hydrogens is 380 g/mol. The van der Waals surface area contributed by atoms with Crippen LogP contribution in [-0.2, 0) is 9.59 Å². The Kier molecular flexibility index (Phi) is 4.81. The van der Waals surface area contributed by atoms with E-state index >= 15 is 0 Å². The first-order valence-electron chi connectivity index (χ1n) is 5.73. The standard InChI is InChI=1S/C12H12Br2N2O3/c13-8-3-4-10(9(14)5-8)19-6-11(17)15-16-12(18)7-1-2-7/h3-5,7H,1-2,6H2,(H,15,17)(H,16,18). The summed E-state index contributed by atoms with van der Waals surface area (Å²) in [6.45, 7) is -0.162. The average molecular weight is 392 g/mol. The van der Waals surface area contributed by atoms with Crippen LogP contribution in [0.15, 0.2) is 27.1 Å². The Morgan fingerprint density at radius 1 is 1.26 bits per heavy atom. The number of nitrogens with one attached hydrogen (secondary N) is 2. The normalized spacial score (nSPS) is 13.8. The average Bonchev–Trinajstić information content (AvgIpc) is 3.19. The van der Waals surface area contributed by atoms with Crippen LogP contribution in [0.25, 0.3) is 0 Å². The Balaban J connectivity index is 1.74. The maximum Gasteiger partial charge on any atom is 0.276 e. The second kappa shape index (κ2) is 6.38. The SMILES string of the molecule is O=C(COc1ccc(Br)cc1Br)NNC(=O)C1CC1. The van der Waals surface area contributed by atoms with E-state index in [0.717, 1.165) is 21.8 Å². The molecule has 19 heavy (non-hydrogen) atoms. The van der Waals surface area contributed by atoms with Crippen molar-refractivity contribution in [1.82, 2.24) is 10.9 Å².